The molecule has 0 aromatic rings. The molecule has 0 N–H and O–H groups in total. The fraction of sp³-hybridized carbons (Fsp3) is 0.739. The van der Waals surface area contributed by atoms with Crippen LogP contribution in [0.25, 0.3) is 0 Å². The van der Waals surface area contributed by atoms with Crippen LogP contribution in [0, 0.1) is 0 Å². The average molecular weight is 515 g/mol. The summed E-state index contributed by atoms with van der Waals surface area (Å²) in [6.07, 6.45) is 0.181. The first kappa shape index (κ1) is 29.3. The monoisotopic (exact) mass is 514 g/mol. The molecule has 1 heterocycles. The van der Waals surface area contributed by atoms with Gasteiger partial charge in [0.2, 0.25) is 0 Å². The molecule has 5 nitrogen and oxygen atoms in total. The number of carbonyl (C=O) groups is 2. The molecule has 1 aliphatic heterocycles. The highest BCUT2D eigenvalue weighted by Gasteiger charge is 2.76. The molecule has 32 heavy (non-hydrogen) atoms. The van der Waals surface area contributed by atoms with E-state index in [-0.39, 0.29) is 0 Å². The van der Waals surface area contributed by atoms with Crippen molar-refractivity contribution in [3.8, 4) is 0 Å². The Labute approximate surface area is 199 Å². The number of hydrogen-bond donors (Lipinski definition) is 0. The molecule has 0 amide bonds. The Bertz CT molecular complexity index is 749. The van der Waals surface area contributed by atoms with Gasteiger partial charge < -0.3 is 13.9 Å². The summed E-state index contributed by atoms with van der Waals surface area (Å²) in [5.41, 5.74) is 0.729. The zero-order valence-corrected chi connectivity index (χ0v) is 26.5. The van der Waals surface area contributed by atoms with E-state index in [1.165, 1.54) is 0 Å². The van der Waals surface area contributed by atoms with Gasteiger partial charge in [-0.25, -0.2) is 9.59 Å². The lowest BCUT2D eigenvalue weighted by molar-refractivity contribution is -0.171. The molecule has 0 radical (unpaired) electrons. The van der Waals surface area contributed by atoms with Crippen LogP contribution in [0.5, 0.6) is 0 Å². The third kappa shape index (κ3) is 4.35. The smallest absolute Gasteiger partial charge is 0.333 e. The SMILES string of the molecule is C=C(C)C(=O)OC(CC)C1(C(CC)OC(=O)C(=C)C)O[Si](C)(C)[Si](C)(C)[Si](C)(C)[Si]1(C)C. The van der Waals surface area contributed by atoms with E-state index in [1.807, 2.05) is 13.8 Å². The predicted molar refractivity (Wildman–Crippen MR) is 144 cm³/mol. The summed E-state index contributed by atoms with van der Waals surface area (Å²) in [4.78, 5) is 25.5. The topological polar surface area (TPSA) is 61.8 Å². The summed E-state index contributed by atoms with van der Waals surface area (Å²) in [6.45, 7) is 34.5. The lowest BCUT2D eigenvalue weighted by atomic mass is 10.0. The van der Waals surface area contributed by atoms with E-state index in [4.69, 9.17) is 13.9 Å². The zero-order chi connectivity index (χ0) is 25.5. The van der Waals surface area contributed by atoms with E-state index in [9.17, 15) is 9.59 Å². The van der Waals surface area contributed by atoms with Gasteiger partial charge in [0.05, 0.1) is 14.7 Å². The maximum absolute atomic E-state index is 12.7. The second kappa shape index (κ2) is 9.48. The maximum Gasteiger partial charge on any atom is 0.333 e. The Morgan fingerprint density at radius 2 is 1.12 bits per heavy atom. The van der Waals surface area contributed by atoms with Crippen LogP contribution in [0.1, 0.15) is 40.5 Å². The highest BCUT2D eigenvalue weighted by Crippen LogP contribution is 2.53. The van der Waals surface area contributed by atoms with E-state index in [0.717, 1.165) is 0 Å². The van der Waals surface area contributed by atoms with Crippen molar-refractivity contribution in [2.45, 2.75) is 110 Å². The predicted octanol–water partition coefficient (Wildman–Crippen LogP) is 5.66. The van der Waals surface area contributed by atoms with Crippen LogP contribution in [0.2, 0.25) is 52.4 Å². The highest BCUT2D eigenvalue weighted by molar-refractivity contribution is 7.83. The second-order valence-corrected chi connectivity index (χ2v) is 50.6. The maximum atomic E-state index is 12.7. The van der Waals surface area contributed by atoms with Crippen LogP contribution >= 0.6 is 0 Å². The molecule has 9 heteroatoms. The third-order valence-corrected chi connectivity index (χ3v) is 75.7. The molecule has 0 aromatic carbocycles. The molecule has 0 aromatic heterocycles. The molecule has 0 aliphatic carbocycles. The summed E-state index contributed by atoms with van der Waals surface area (Å²) in [5, 5.41) is -0.805. The van der Waals surface area contributed by atoms with E-state index in [1.54, 1.807) is 13.8 Å². The summed E-state index contributed by atoms with van der Waals surface area (Å²) in [6, 6.07) is 0. The van der Waals surface area contributed by atoms with E-state index in [0.29, 0.717) is 24.0 Å². The van der Waals surface area contributed by atoms with Crippen molar-refractivity contribution < 1.29 is 23.5 Å². The Kier molecular flexibility index (Phi) is 8.67. The normalized spacial score (nSPS) is 27.0. The fourth-order valence-electron chi connectivity index (χ4n) is 5.25. The van der Waals surface area contributed by atoms with Gasteiger partial charge >= 0.3 is 11.9 Å². The summed E-state index contributed by atoms with van der Waals surface area (Å²) in [5.74, 6) is -0.821. The van der Waals surface area contributed by atoms with E-state index < -0.39 is 59.0 Å². The van der Waals surface area contributed by atoms with Crippen molar-refractivity contribution in [1.29, 1.82) is 0 Å². The van der Waals surface area contributed by atoms with Gasteiger partial charge in [0.25, 0.3) is 0 Å². The molecule has 0 saturated carbocycles. The minimum absolute atomic E-state index is 0.364. The van der Waals surface area contributed by atoms with Gasteiger partial charge in [0.1, 0.15) is 17.4 Å². The van der Waals surface area contributed by atoms with Gasteiger partial charge in [0, 0.05) is 18.3 Å². The van der Waals surface area contributed by atoms with Gasteiger partial charge in [-0.05, 0) is 39.8 Å². The molecular formula is C23H46O5Si4. The molecular weight excluding hydrogens is 469 g/mol. The summed E-state index contributed by atoms with van der Waals surface area (Å²) >= 11 is 0. The largest absolute Gasteiger partial charge is 0.456 e. The Morgan fingerprint density at radius 1 is 0.781 bits per heavy atom. The first-order valence-electron chi connectivity index (χ1n) is 11.7. The highest BCUT2D eigenvalue weighted by atomic mass is 29.8. The van der Waals surface area contributed by atoms with Crippen LogP contribution in [0.15, 0.2) is 24.3 Å². The van der Waals surface area contributed by atoms with Crippen molar-refractivity contribution in [3.63, 3.8) is 0 Å². The van der Waals surface area contributed by atoms with Gasteiger partial charge in [-0.3, -0.25) is 0 Å². The van der Waals surface area contributed by atoms with E-state index in [2.05, 4.69) is 65.5 Å². The molecule has 1 rings (SSSR count). The third-order valence-electron chi connectivity index (χ3n) is 8.92. The first-order valence-corrected chi connectivity index (χ1v) is 26.6. The van der Waals surface area contributed by atoms with Crippen LogP contribution in [-0.2, 0) is 23.5 Å². The van der Waals surface area contributed by atoms with Crippen molar-refractivity contribution in [3.05, 3.63) is 24.3 Å². The summed E-state index contributed by atoms with van der Waals surface area (Å²) in [7, 11) is -8.03. The molecule has 2 atom stereocenters. The Hall–Kier alpha value is -0.752. The van der Waals surface area contributed by atoms with Crippen LogP contribution < -0.4 is 0 Å². The van der Waals surface area contributed by atoms with Crippen LogP contribution in [0.4, 0.5) is 0 Å². The van der Waals surface area contributed by atoms with Gasteiger partial charge in [0.15, 0.2) is 7.83 Å². The molecule has 184 valence electrons. The first-order chi connectivity index (χ1) is 14.3. The summed E-state index contributed by atoms with van der Waals surface area (Å²) < 4.78 is 19.7. The molecule has 0 spiro atoms. The van der Waals surface area contributed by atoms with E-state index >= 15 is 0 Å². The lowest BCUT2D eigenvalue weighted by Gasteiger charge is -2.69. The Morgan fingerprint density at radius 3 is 1.41 bits per heavy atom. The number of rotatable bonds is 8. The van der Waals surface area contributed by atoms with Crippen LogP contribution in [-0.4, -0.2) is 59.0 Å². The van der Waals surface area contributed by atoms with Crippen molar-refractivity contribution in [2.75, 3.05) is 0 Å². The molecule has 2 unspecified atom stereocenters. The zero-order valence-electron chi connectivity index (χ0n) is 22.5. The molecule has 1 saturated heterocycles. The number of esters is 2. The second-order valence-electron chi connectivity index (χ2n) is 11.4. The fourth-order valence-corrected chi connectivity index (χ4v) is 76.1. The molecule has 1 fully saturated rings. The number of ether oxygens (including phenoxy) is 2. The van der Waals surface area contributed by atoms with Gasteiger partial charge in [-0.2, -0.15) is 0 Å². The lowest BCUT2D eigenvalue weighted by Crippen LogP contribution is -2.94. The minimum atomic E-state index is -2.29. The molecule has 1 aliphatic rings. The number of carbonyl (C=O) groups excluding carboxylic acids is 2. The molecule has 0 bridgehead atoms. The van der Waals surface area contributed by atoms with Crippen molar-refractivity contribution in [2.24, 2.45) is 0 Å². The Balaban J connectivity index is 3.96. The van der Waals surface area contributed by atoms with Crippen LogP contribution in [0.3, 0.4) is 0 Å². The quantitative estimate of drug-likeness (QED) is 0.238. The standard InChI is InChI=1S/C23H46O5Si4/c1-15-19(26-21(24)17(3)4)23(20(16-2)27-22(25)18(5)6)28-30(9,10)32(13,14)31(11,12)29(23,7)8/h19-20H,3,5,15-16H2,1-2,4,6-14H3. The average Bonchev–Trinajstić information content (AvgIpc) is 2.66. The van der Waals surface area contributed by atoms with Gasteiger partial charge in [-0.1, -0.05) is 66.3 Å². The van der Waals surface area contributed by atoms with Crippen molar-refractivity contribution in [1.82, 2.24) is 0 Å². The number of hydrogen-bond acceptors (Lipinski definition) is 5. The minimum Gasteiger partial charge on any atom is -0.456 e. The van der Waals surface area contributed by atoms with Gasteiger partial charge in [-0.15, -0.1) is 0 Å². The van der Waals surface area contributed by atoms with Crippen molar-refractivity contribution >= 4 is 41.6 Å².